The van der Waals surface area contributed by atoms with Crippen molar-refractivity contribution in [3.63, 3.8) is 0 Å². The van der Waals surface area contributed by atoms with Gasteiger partial charge in [-0.1, -0.05) is 12.1 Å². The van der Waals surface area contributed by atoms with Crippen molar-refractivity contribution in [1.29, 1.82) is 0 Å². The van der Waals surface area contributed by atoms with E-state index in [0.29, 0.717) is 0 Å². The maximum absolute atomic E-state index is 3.93. The summed E-state index contributed by atoms with van der Waals surface area (Å²) in [6.07, 6.45) is 2.84. The molecule has 2 rings (SSSR count). The Morgan fingerprint density at radius 2 is 2.00 bits per heavy atom. The van der Waals surface area contributed by atoms with Gasteiger partial charge in [-0.3, -0.25) is 0 Å². The molecule has 0 unspecified atom stereocenters. The van der Waals surface area contributed by atoms with Crippen molar-refractivity contribution in [2.75, 3.05) is 0 Å². The predicted molar refractivity (Wildman–Crippen MR) is 44.6 cm³/mol. The number of hydrogen-bond acceptors (Lipinski definition) is 3. The summed E-state index contributed by atoms with van der Waals surface area (Å²) in [5.74, 6) is 0. The van der Waals surface area contributed by atoms with E-state index in [0.717, 1.165) is 11.0 Å². The number of rotatable bonds is 0. The van der Waals surface area contributed by atoms with E-state index in [2.05, 4.69) is 21.6 Å². The second-order valence-electron chi connectivity index (χ2n) is 2.87. The fourth-order valence-electron chi connectivity index (χ4n) is 1.31. The van der Waals surface area contributed by atoms with E-state index >= 15 is 0 Å². The molecule has 68 valence electrons. The van der Waals surface area contributed by atoms with Gasteiger partial charge in [-0.25, -0.2) is 5.10 Å². The molecule has 13 heavy (non-hydrogen) atoms. The van der Waals surface area contributed by atoms with Crippen LogP contribution < -0.4 is 0 Å². The van der Waals surface area contributed by atoms with Crippen LogP contribution in [0.4, 0.5) is 0 Å². The summed E-state index contributed by atoms with van der Waals surface area (Å²) in [6.45, 7) is 4.09. The molecule has 0 amide bonds. The van der Waals surface area contributed by atoms with Crippen LogP contribution in [-0.2, 0) is 28.1 Å². The van der Waals surface area contributed by atoms with Crippen molar-refractivity contribution < 1.29 is 21.1 Å². The van der Waals surface area contributed by atoms with Crippen molar-refractivity contribution in [2.24, 2.45) is 7.05 Å². The molecule has 2 aromatic rings. The van der Waals surface area contributed by atoms with Gasteiger partial charge in [-0.15, -0.1) is 10.9 Å². The number of aryl methyl sites for hydroxylation is 2. The molecule has 0 aliphatic rings. The first-order valence-electron chi connectivity index (χ1n) is 3.74. The zero-order chi connectivity index (χ0) is 8.72. The van der Waals surface area contributed by atoms with Crippen LogP contribution in [0.25, 0.3) is 11.0 Å². The smallest absolute Gasteiger partial charge is 0.0523 e. The molecule has 0 saturated carbocycles. The zero-order valence-corrected chi connectivity index (χ0v) is 10.6. The molecule has 0 aromatic carbocycles. The number of fused-ring (bicyclic) bond motifs is 1. The SMILES string of the molecule is Cc1c(C)n(C)c2nnn[c-]c12.[W]. The molecule has 2 aromatic heterocycles. The van der Waals surface area contributed by atoms with E-state index in [1.165, 1.54) is 11.3 Å². The summed E-state index contributed by atoms with van der Waals surface area (Å²) in [5.41, 5.74) is 3.21. The topological polar surface area (TPSA) is 43.6 Å². The Morgan fingerprint density at radius 1 is 1.31 bits per heavy atom. The molecular weight excluding hydrogens is 336 g/mol. The van der Waals surface area contributed by atoms with E-state index in [1.54, 1.807) is 0 Å². The Morgan fingerprint density at radius 3 is 2.62 bits per heavy atom. The first-order valence-corrected chi connectivity index (χ1v) is 3.74. The Hall–Kier alpha value is -0.762. The van der Waals surface area contributed by atoms with Crippen molar-refractivity contribution in [1.82, 2.24) is 20.0 Å². The molecule has 0 spiro atoms. The minimum atomic E-state index is 0. The normalized spacial score (nSPS) is 10.1. The first-order chi connectivity index (χ1) is 5.72. The van der Waals surface area contributed by atoms with E-state index < -0.39 is 0 Å². The molecule has 0 saturated heterocycles. The Labute approximate surface area is 90.6 Å². The Bertz CT molecular complexity index is 396. The third-order valence-corrected chi connectivity index (χ3v) is 2.31. The van der Waals surface area contributed by atoms with Gasteiger partial charge >= 0.3 is 0 Å². The van der Waals surface area contributed by atoms with Crippen LogP contribution in [0.3, 0.4) is 0 Å². The van der Waals surface area contributed by atoms with Crippen LogP contribution in [0.15, 0.2) is 0 Å². The molecular formula is C8H9N4W-. The molecule has 0 radical (unpaired) electrons. The third-order valence-electron chi connectivity index (χ3n) is 2.31. The van der Waals surface area contributed by atoms with Gasteiger partial charge in [0.15, 0.2) is 0 Å². The van der Waals surface area contributed by atoms with Gasteiger partial charge in [0.05, 0.1) is 5.65 Å². The molecule has 0 bridgehead atoms. The molecule has 5 heteroatoms. The largest absolute Gasteiger partial charge is 0.394 e. The van der Waals surface area contributed by atoms with Gasteiger partial charge in [-0.2, -0.15) is 5.10 Å². The van der Waals surface area contributed by atoms with Crippen LogP contribution in [0.5, 0.6) is 0 Å². The first kappa shape index (κ1) is 10.3. The van der Waals surface area contributed by atoms with Crippen LogP contribution in [0.1, 0.15) is 11.3 Å². The Balaban J connectivity index is 0.000000845. The van der Waals surface area contributed by atoms with Crippen molar-refractivity contribution in [3.8, 4) is 0 Å². The van der Waals surface area contributed by atoms with Crippen LogP contribution >= 0.6 is 0 Å². The summed E-state index contributed by atoms with van der Waals surface area (Å²) >= 11 is 0. The zero-order valence-electron chi connectivity index (χ0n) is 7.70. The van der Waals surface area contributed by atoms with Gasteiger partial charge in [0, 0.05) is 21.1 Å². The standard InChI is InChI=1S/C8H9N4.W/c1-5-6(2)12(3)8-7(5)4-9-11-10-8;/h1-3H3;/q-1;. The van der Waals surface area contributed by atoms with Crippen LogP contribution in [-0.4, -0.2) is 20.0 Å². The fraction of sp³-hybridized carbons (Fsp3) is 0.375. The van der Waals surface area contributed by atoms with Crippen LogP contribution in [0, 0.1) is 20.0 Å². The van der Waals surface area contributed by atoms with Gasteiger partial charge in [-0.05, 0) is 25.9 Å². The molecule has 0 atom stereocenters. The average Bonchev–Trinajstić information content (AvgIpc) is 2.33. The van der Waals surface area contributed by atoms with E-state index in [9.17, 15) is 0 Å². The minimum absolute atomic E-state index is 0. The van der Waals surface area contributed by atoms with E-state index in [1.807, 2.05) is 25.5 Å². The summed E-state index contributed by atoms with van der Waals surface area (Å²) in [5, 5.41) is 12.1. The second-order valence-corrected chi connectivity index (χ2v) is 2.87. The summed E-state index contributed by atoms with van der Waals surface area (Å²) in [6, 6.07) is 0. The maximum atomic E-state index is 3.93. The average molecular weight is 345 g/mol. The second kappa shape index (κ2) is 3.54. The van der Waals surface area contributed by atoms with Crippen molar-refractivity contribution in [2.45, 2.75) is 13.8 Å². The molecule has 4 nitrogen and oxygen atoms in total. The number of nitrogens with zero attached hydrogens (tertiary/aromatic N) is 4. The maximum Gasteiger partial charge on any atom is 0.0523 e. The monoisotopic (exact) mass is 345 g/mol. The van der Waals surface area contributed by atoms with Gasteiger partial charge in [0.25, 0.3) is 0 Å². The molecule has 0 fully saturated rings. The number of hydrogen-bond donors (Lipinski definition) is 0. The van der Waals surface area contributed by atoms with E-state index in [-0.39, 0.29) is 21.1 Å². The molecule has 2 heterocycles. The minimum Gasteiger partial charge on any atom is -0.394 e. The third kappa shape index (κ3) is 1.39. The molecule has 0 aliphatic heterocycles. The van der Waals surface area contributed by atoms with Crippen LogP contribution in [0.2, 0.25) is 0 Å². The van der Waals surface area contributed by atoms with Crippen molar-refractivity contribution >= 4 is 11.0 Å². The predicted octanol–water partition coefficient (Wildman–Crippen LogP) is 0.778. The summed E-state index contributed by atoms with van der Waals surface area (Å²) in [4.78, 5) is 0. The van der Waals surface area contributed by atoms with Gasteiger partial charge < -0.3 is 4.57 Å². The summed E-state index contributed by atoms with van der Waals surface area (Å²) in [7, 11) is 1.97. The van der Waals surface area contributed by atoms with E-state index in [4.69, 9.17) is 0 Å². The number of aromatic nitrogens is 4. The van der Waals surface area contributed by atoms with Crippen molar-refractivity contribution in [3.05, 3.63) is 17.5 Å². The quantitative estimate of drug-likeness (QED) is 0.663. The fourth-order valence-corrected chi connectivity index (χ4v) is 1.31. The van der Waals surface area contributed by atoms with Gasteiger partial charge in [0.1, 0.15) is 0 Å². The molecule has 0 N–H and O–H groups in total. The summed E-state index contributed by atoms with van der Waals surface area (Å²) < 4.78 is 2.00. The Kier molecular flexibility index (Phi) is 2.81. The molecule has 0 aliphatic carbocycles. The van der Waals surface area contributed by atoms with Gasteiger partial charge in [0.2, 0.25) is 0 Å².